The molecule has 1 aromatic rings. The van der Waals surface area contributed by atoms with Gasteiger partial charge in [-0.2, -0.15) is 0 Å². The predicted molar refractivity (Wildman–Crippen MR) is 76.8 cm³/mol. The lowest BCUT2D eigenvalue weighted by atomic mass is 9.83. The summed E-state index contributed by atoms with van der Waals surface area (Å²) in [6.07, 6.45) is 0. The van der Waals surface area contributed by atoms with E-state index in [1.54, 1.807) is 0 Å². The molecule has 0 amide bonds. The second-order valence-electron chi connectivity index (χ2n) is 6.63. The van der Waals surface area contributed by atoms with Crippen LogP contribution in [0.3, 0.4) is 0 Å². The fraction of sp³-hybridized carbons (Fsp3) is 0.571. The molecule has 2 N–H and O–H groups in total. The van der Waals surface area contributed by atoms with Gasteiger partial charge in [0.2, 0.25) is 8.32 Å². The van der Waals surface area contributed by atoms with Crippen molar-refractivity contribution in [1.29, 1.82) is 0 Å². The van der Waals surface area contributed by atoms with Crippen molar-refractivity contribution in [3.8, 4) is 5.75 Å². The van der Waals surface area contributed by atoms with Crippen LogP contribution in [0.4, 0.5) is 0 Å². The van der Waals surface area contributed by atoms with Gasteiger partial charge in [0.1, 0.15) is 5.75 Å². The molecule has 1 atom stereocenters. The van der Waals surface area contributed by atoms with Crippen LogP contribution in [-0.2, 0) is 0 Å². The summed E-state index contributed by atoms with van der Waals surface area (Å²) in [6, 6.07) is 8.26. The molecule has 0 radical (unpaired) electrons. The van der Waals surface area contributed by atoms with Gasteiger partial charge in [0, 0.05) is 6.04 Å². The van der Waals surface area contributed by atoms with Gasteiger partial charge in [-0.3, -0.25) is 0 Å². The van der Waals surface area contributed by atoms with Crippen molar-refractivity contribution < 1.29 is 4.43 Å². The monoisotopic (exact) mass is 251 g/mol. The SMILES string of the molecule is CC(C)(C)[C@H](N)c1ccc(O[Si](C)(C)C)cc1. The third-order valence-corrected chi connectivity index (χ3v) is 3.44. The van der Waals surface area contributed by atoms with Crippen LogP contribution in [0.25, 0.3) is 0 Å². The molecule has 0 aromatic heterocycles. The summed E-state index contributed by atoms with van der Waals surface area (Å²) in [5.41, 5.74) is 7.47. The molecular weight excluding hydrogens is 226 g/mol. The Hall–Kier alpha value is -0.803. The standard InChI is InChI=1S/C14H25NOSi/c1-14(2,3)13(15)11-7-9-12(10-8-11)16-17(4,5)6/h7-10,13H,15H2,1-6H3/t13-/m1/s1. The molecule has 3 heteroatoms. The van der Waals surface area contributed by atoms with E-state index < -0.39 is 8.32 Å². The van der Waals surface area contributed by atoms with Crippen LogP contribution in [0.2, 0.25) is 19.6 Å². The molecule has 0 saturated carbocycles. The Morgan fingerprint density at radius 3 is 1.88 bits per heavy atom. The summed E-state index contributed by atoms with van der Waals surface area (Å²) in [5, 5.41) is 0. The van der Waals surface area contributed by atoms with Crippen molar-refractivity contribution in [3.05, 3.63) is 29.8 Å². The van der Waals surface area contributed by atoms with E-state index in [2.05, 4.69) is 52.5 Å². The Morgan fingerprint density at radius 2 is 1.53 bits per heavy atom. The maximum Gasteiger partial charge on any atom is 0.242 e. The molecule has 0 saturated heterocycles. The number of benzene rings is 1. The third-order valence-electron chi connectivity index (χ3n) is 2.60. The minimum atomic E-state index is -1.51. The summed E-state index contributed by atoms with van der Waals surface area (Å²) in [7, 11) is -1.51. The Labute approximate surface area is 106 Å². The fourth-order valence-electron chi connectivity index (χ4n) is 1.60. The molecule has 17 heavy (non-hydrogen) atoms. The molecule has 96 valence electrons. The van der Waals surface area contributed by atoms with Crippen molar-refractivity contribution >= 4 is 8.32 Å². The molecular formula is C14H25NOSi. The van der Waals surface area contributed by atoms with E-state index in [0.717, 1.165) is 5.75 Å². The normalized spacial score (nSPS) is 14.5. The average molecular weight is 251 g/mol. The van der Waals surface area contributed by atoms with Crippen molar-refractivity contribution in [3.63, 3.8) is 0 Å². The molecule has 0 bridgehead atoms. The van der Waals surface area contributed by atoms with Crippen molar-refractivity contribution in [2.75, 3.05) is 0 Å². The zero-order chi connectivity index (χ0) is 13.3. The lowest BCUT2D eigenvalue weighted by Gasteiger charge is -2.27. The van der Waals surface area contributed by atoms with Gasteiger partial charge in [-0.05, 0) is 42.8 Å². The first kappa shape index (κ1) is 14.3. The Morgan fingerprint density at radius 1 is 1.06 bits per heavy atom. The first-order valence-corrected chi connectivity index (χ1v) is 9.55. The highest BCUT2D eigenvalue weighted by Gasteiger charge is 2.22. The van der Waals surface area contributed by atoms with E-state index in [1.807, 2.05) is 12.1 Å². The first-order chi connectivity index (χ1) is 7.59. The van der Waals surface area contributed by atoms with Gasteiger partial charge in [0.25, 0.3) is 0 Å². The van der Waals surface area contributed by atoms with Crippen LogP contribution in [0.1, 0.15) is 32.4 Å². The average Bonchev–Trinajstić information content (AvgIpc) is 2.14. The minimum Gasteiger partial charge on any atom is -0.544 e. The summed E-state index contributed by atoms with van der Waals surface area (Å²) in [6.45, 7) is 13.0. The summed E-state index contributed by atoms with van der Waals surface area (Å²) in [4.78, 5) is 0. The van der Waals surface area contributed by atoms with Crippen molar-refractivity contribution in [2.24, 2.45) is 11.1 Å². The molecule has 0 aliphatic heterocycles. The van der Waals surface area contributed by atoms with Gasteiger partial charge in [-0.15, -0.1) is 0 Å². The maximum absolute atomic E-state index is 6.22. The van der Waals surface area contributed by atoms with Crippen LogP contribution in [0.5, 0.6) is 5.75 Å². The summed E-state index contributed by atoms with van der Waals surface area (Å²) in [5.74, 6) is 0.953. The zero-order valence-corrected chi connectivity index (χ0v) is 12.9. The quantitative estimate of drug-likeness (QED) is 0.826. The van der Waals surface area contributed by atoms with E-state index in [0.29, 0.717) is 0 Å². The molecule has 2 nitrogen and oxygen atoms in total. The molecule has 0 heterocycles. The smallest absolute Gasteiger partial charge is 0.242 e. The van der Waals surface area contributed by atoms with Gasteiger partial charge in [-0.1, -0.05) is 32.9 Å². The van der Waals surface area contributed by atoms with Crippen LogP contribution >= 0.6 is 0 Å². The van der Waals surface area contributed by atoms with Crippen LogP contribution in [0.15, 0.2) is 24.3 Å². The summed E-state index contributed by atoms with van der Waals surface area (Å²) < 4.78 is 5.92. The van der Waals surface area contributed by atoms with E-state index in [1.165, 1.54) is 5.56 Å². The highest BCUT2D eigenvalue weighted by molar-refractivity contribution is 6.70. The van der Waals surface area contributed by atoms with Crippen LogP contribution < -0.4 is 10.2 Å². The molecule has 0 fully saturated rings. The highest BCUT2D eigenvalue weighted by atomic mass is 28.4. The van der Waals surface area contributed by atoms with Crippen molar-refractivity contribution in [1.82, 2.24) is 0 Å². The number of hydrogen-bond donors (Lipinski definition) is 1. The number of rotatable bonds is 3. The minimum absolute atomic E-state index is 0.0587. The van der Waals surface area contributed by atoms with E-state index in [-0.39, 0.29) is 11.5 Å². The molecule has 0 spiro atoms. The topological polar surface area (TPSA) is 35.2 Å². The van der Waals surface area contributed by atoms with E-state index >= 15 is 0 Å². The van der Waals surface area contributed by atoms with Gasteiger partial charge in [0.05, 0.1) is 0 Å². The summed E-state index contributed by atoms with van der Waals surface area (Å²) >= 11 is 0. The van der Waals surface area contributed by atoms with Gasteiger partial charge in [0.15, 0.2) is 0 Å². The van der Waals surface area contributed by atoms with Gasteiger partial charge >= 0.3 is 0 Å². The van der Waals surface area contributed by atoms with E-state index in [4.69, 9.17) is 10.2 Å². The second kappa shape index (κ2) is 4.82. The van der Waals surface area contributed by atoms with Gasteiger partial charge in [-0.25, -0.2) is 0 Å². The maximum atomic E-state index is 6.22. The Balaban J connectivity index is 2.82. The van der Waals surface area contributed by atoms with Gasteiger partial charge < -0.3 is 10.2 Å². The Bertz CT molecular complexity index is 359. The zero-order valence-electron chi connectivity index (χ0n) is 11.9. The largest absolute Gasteiger partial charge is 0.544 e. The molecule has 0 unspecified atom stereocenters. The number of hydrogen-bond acceptors (Lipinski definition) is 2. The highest BCUT2D eigenvalue weighted by Crippen LogP contribution is 2.31. The molecule has 1 rings (SSSR count). The van der Waals surface area contributed by atoms with E-state index in [9.17, 15) is 0 Å². The third kappa shape index (κ3) is 4.52. The van der Waals surface area contributed by atoms with Crippen LogP contribution in [0, 0.1) is 5.41 Å². The Kier molecular flexibility index (Phi) is 4.05. The van der Waals surface area contributed by atoms with Crippen molar-refractivity contribution in [2.45, 2.75) is 46.5 Å². The molecule has 0 aliphatic rings. The molecule has 1 aromatic carbocycles. The second-order valence-corrected chi connectivity index (χ2v) is 11.1. The fourth-order valence-corrected chi connectivity index (χ4v) is 2.44. The van der Waals surface area contributed by atoms with Crippen LogP contribution in [-0.4, -0.2) is 8.32 Å². The molecule has 0 aliphatic carbocycles. The first-order valence-electron chi connectivity index (χ1n) is 6.14. The predicted octanol–water partition coefficient (Wildman–Crippen LogP) is 3.95. The lowest BCUT2D eigenvalue weighted by molar-refractivity contribution is 0.327. The lowest BCUT2D eigenvalue weighted by Crippen LogP contribution is -2.29. The number of nitrogens with two attached hydrogens (primary N) is 1.